The number of nitrogens with zero attached hydrogens (tertiary/aromatic N) is 4. The molecular formula is C18H28N6OS. The Bertz CT molecular complexity index is 761. The van der Waals surface area contributed by atoms with Crippen molar-refractivity contribution < 1.29 is 0 Å². The van der Waals surface area contributed by atoms with Crippen LogP contribution in [-0.4, -0.2) is 39.9 Å². The van der Waals surface area contributed by atoms with Gasteiger partial charge in [0.05, 0.1) is 0 Å². The molecule has 1 aliphatic rings. The smallest absolute Gasteiger partial charge is 0.345 e. The molecule has 2 aromatic heterocycles. The molecule has 0 saturated heterocycles. The van der Waals surface area contributed by atoms with E-state index in [9.17, 15) is 4.79 Å². The zero-order valence-corrected chi connectivity index (χ0v) is 16.2. The van der Waals surface area contributed by atoms with Crippen LogP contribution >= 0.6 is 11.3 Å². The van der Waals surface area contributed by atoms with Crippen LogP contribution in [0.4, 0.5) is 0 Å². The lowest BCUT2D eigenvalue weighted by atomic mass is 10.2. The quantitative estimate of drug-likeness (QED) is 0.417. The maximum atomic E-state index is 12.3. The average Bonchev–Trinajstić information content (AvgIpc) is 3.27. The zero-order valence-electron chi connectivity index (χ0n) is 15.4. The lowest BCUT2D eigenvalue weighted by molar-refractivity contribution is 0.509. The second-order valence-electron chi connectivity index (χ2n) is 6.40. The third-order valence-corrected chi connectivity index (χ3v) is 5.35. The Balaban J connectivity index is 1.46. The summed E-state index contributed by atoms with van der Waals surface area (Å²) in [5.41, 5.74) is 0.0321. The summed E-state index contributed by atoms with van der Waals surface area (Å²) in [5, 5.41) is 13.2. The van der Waals surface area contributed by atoms with Crippen LogP contribution in [0.15, 0.2) is 27.3 Å². The summed E-state index contributed by atoms with van der Waals surface area (Å²) in [6, 6.07) is 4.23. The second kappa shape index (κ2) is 9.56. The minimum absolute atomic E-state index is 0.0321. The monoisotopic (exact) mass is 376 g/mol. The van der Waals surface area contributed by atoms with Gasteiger partial charge in [0.25, 0.3) is 0 Å². The molecule has 8 heteroatoms. The summed E-state index contributed by atoms with van der Waals surface area (Å²) in [5.74, 6) is 1.77. The van der Waals surface area contributed by atoms with E-state index >= 15 is 0 Å². The maximum absolute atomic E-state index is 12.3. The van der Waals surface area contributed by atoms with Gasteiger partial charge in [-0.15, -0.1) is 11.3 Å². The highest BCUT2D eigenvalue weighted by Gasteiger charge is 2.16. The van der Waals surface area contributed by atoms with E-state index in [0.717, 1.165) is 63.5 Å². The molecule has 1 aliphatic heterocycles. The molecule has 0 saturated carbocycles. The second-order valence-corrected chi connectivity index (χ2v) is 7.43. The SMILES string of the molecule is CCNC(=NCCCn1nc2n(c1=O)CCCC2)NCCc1cccs1. The fourth-order valence-electron chi connectivity index (χ4n) is 3.11. The van der Waals surface area contributed by atoms with Crippen molar-refractivity contribution in [3.05, 3.63) is 38.7 Å². The number of hydrogen-bond donors (Lipinski definition) is 2. The lowest BCUT2D eigenvalue weighted by Crippen LogP contribution is -2.38. The predicted octanol–water partition coefficient (Wildman–Crippen LogP) is 1.63. The Labute approximate surface area is 158 Å². The van der Waals surface area contributed by atoms with Crippen LogP contribution in [-0.2, 0) is 25.9 Å². The predicted molar refractivity (Wildman–Crippen MR) is 106 cm³/mol. The molecule has 7 nitrogen and oxygen atoms in total. The van der Waals surface area contributed by atoms with Crippen LogP contribution in [0.5, 0.6) is 0 Å². The van der Waals surface area contributed by atoms with Gasteiger partial charge in [-0.3, -0.25) is 9.56 Å². The molecule has 0 unspecified atom stereocenters. The molecule has 2 aromatic rings. The molecule has 0 bridgehead atoms. The number of fused-ring (bicyclic) bond motifs is 1. The zero-order chi connectivity index (χ0) is 18.2. The maximum Gasteiger partial charge on any atom is 0.345 e. The molecule has 0 fully saturated rings. The topological polar surface area (TPSA) is 76.2 Å². The van der Waals surface area contributed by atoms with Crippen LogP contribution < -0.4 is 16.3 Å². The van der Waals surface area contributed by atoms with E-state index in [2.05, 4.69) is 45.2 Å². The molecule has 0 aromatic carbocycles. The molecule has 3 heterocycles. The van der Waals surface area contributed by atoms with Gasteiger partial charge in [-0.25, -0.2) is 9.48 Å². The van der Waals surface area contributed by atoms with Crippen molar-refractivity contribution in [2.24, 2.45) is 4.99 Å². The lowest BCUT2D eigenvalue weighted by Gasteiger charge is -2.10. The molecule has 142 valence electrons. The van der Waals surface area contributed by atoms with Crippen LogP contribution in [0, 0.1) is 0 Å². The van der Waals surface area contributed by atoms with Gasteiger partial charge >= 0.3 is 5.69 Å². The third-order valence-electron chi connectivity index (χ3n) is 4.42. The molecule has 0 amide bonds. The van der Waals surface area contributed by atoms with Gasteiger partial charge in [0.15, 0.2) is 5.96 Å². The molecular weight excluding hydrogens is 348 g/mol. The summed E-state index contributed by atoms with van der Waals surface area (Å²) in [7, 11) is 0. The van der Waals surface area contributed by atoms with Crippen molar-refractivity contribution in [2.45, 2.75) is 52.1 Å². The Morgan fingerprint density at radius 2 is 2.31 bits per heavy atom. The minimum Gasteiger partial charge on any atom is -0.357 e. The summed E-state index contributed by atoms with van der Waals surface area (Å²) in [6.45, 7) is 5.86. The van der Waals surface area contributed by atoms with Gasteiger partial charge in [0, 0.05) is 44.0 Å². The average molecular weight is 377 g/mol. The largest absolute Gasteiger partial charge is 0.357 e. The van der Waals surface area contributed by atoms with Crippen LogP contribution in [0.25, 0.3) is 0 Å². The van der Waals surface area contributed by atoms with Crippen molar-refractivity contribution in [1.29, 1.82) is 0 Å². The number of nitrogens with one attached hydrogen (secondary N) is 2. The van der Waals surface area contributed by atoms with Crippen LogP contribution in [0.2, 0.25) is 0 Å². The first-order chi connectivity index (χ1) is 12.8. The first-order valence-electron chi connectivity index (χ1n) is 9.49. The number of rotatable bonds is 8. The van der Waals surface area contributed by atoms with Gasteiger partial charge in [-0.1, -0.05) is 6.07 Å². The third kappa shape index (κ3) is 4.97. The fraction of sp³-hybridized carbons (Fsp3) is 0.611. The normalized spacial score (nSPS) is 14.3. The number of aromatic nitrogens is 3. The molecule has 0 aliphatic carbocycles. The van der Waals surface area contributed by atoms with E-state index in [1.165, 1.54) is 4.88 Å². The summed E-state index contributed by atoms with van der Waals surface area (Å²) < 4.78 is 3.43. The summed E-state index contributed by atoms with van der Waals surface area (Å²) in [6.07, 6.45) is 4.92. The highest BCUT2D eigenvalue weighted by molar-refractivity contribution is 7.09. The molecule has 3 rings (SSSR count). The van der Waals surface area contributed by atoms with Gasteiger partial charge in [0.1, 0.15) is 5.82 Å². The van der Waals surface area contributed by atoms with E-state index in [1.807, 2.05) is 4.57 Å². The van der Waals surface area contributed by atoms with E-state index in [0.29, 0.717) is 13.1 Å². The highest BCUT2D eigenvalue weighted by Crippen LogP contribution is 2.09. The van der Waals surface area contributed by atoms with Crippen molar-refractivity contribution in [3.8, 4) is 0 Å². The number of aliphatic imine (C=N–C) groups is 1. The van der Waals surface area contributed by atoms with E-state index in [4.69, 9.17) is 0 Å². The van der Waals surface area contributed by atoms with E-state index < -0.39 is 0 Å². The standard InChI is InChI=1S/C18H28N6OS/c1-2-19-17(21-11-9-15-7-5-14-26-15)20-10-6-13-24-18(25)23-12-4-3-8-16(23)22-24/h5,7,14H,2-4,6,8-13H2,1H3,(H2,19,20,21). The Hall–Kier alpha value is -2.09. The highest BCUT2D eigenvalue weighted by atomic mass is 32.1. The number of guanidine groups is 1. The Morgan fingerprint density at radius 1 is 1.38 bits per heavy atom. The summed E-state index contributed by atoms with van der Waals surface area (Å²) >= 11 is 1.78. The molecule has 0 spiro atoms. The molecule has 2 N–H and O–H groups in total. The van der Waals surface area contributed by atoms with Gasteiger partial charge in [0.2, 0.25) is 0 Å². The van der Waals surface area contributed by atoms with Gasteiger partial charge in [-0.2, -0.15) is 5.10 Å². The molecule has 0 radical (unpaired) electrons. The number of aryl methyl sites for hydroxylation is 2. The number of thiophene rings is 1. The van der Waals surface area contributed by atoms with E-state index in [-0.39, 0.29) is 5.69 Å². The van der Waals surface area contributed by atoms with Gasteiger partial charge in [-0.05, 0) is 44.1 Å². The molecule has 26 heavy (non-hydrogen) atoms. The number of hydrogen-bond acceptors (Lipinski definition) is 4. The van der Waals surface area contributed by atoms with Gasteiger partial charge < -0.3 is 10.6 Å². The van der Waals surface area contributed by atoms with Crippen molar-refractivity contribution in [1.82, 2.24) is 25.0 Å². The first-order valence-corrected chi connectivity index (χ1v) is 10.4. The van der Waals surface area contributed by atoms with Crippen molar-refractivity contribution in [2.75, 3.05) is 19.6 Å². The summed E-state index contributed by atoms with van der Waals surface area (Å²) in [4.78, 5) is 18.3. The van der Waals surface area contributed by atoms with Crippen LogP contribution in [0.1, 0.15) is 36.9 Å². The molecule has 0 atom stereocenters. The van der Waals surface area contributed by atoms with Crippen LogP contribution in [0.3, 0.4) is 0 Å². The first kappa shape index (κ1) is 18.7. The fourth-order valence-corrected chi connectivity index (χ4v) is 3.82. The van der Waals surface area contributed by atoms with Crippen molar-refractivity contribution >= 4 is 17.3 Å². The van der Waals surface area contributed by atoms with Crippen molar-refractivity contribution in [3.63, 3.8) is 0 Å². The minimum atomic E-state index is 0.0321. The Morgan fingerprint density at radius 3 is 3.08 bits per heavy atom. The van der Waals surface area contributed by atoms with E-state index in [1.54, 1.807) is 16.0 Å². The Kier molecular flexibility index (Phi) is 6.88.